The Bertz CT molecular complexity index is 1510. The van der Waals surface area contributed by atoms with Crippen LogP contribution in [0.3, 0.4) is 0 Å². The highest BCUT2D eigenvalue weighted by molar-refractivity contribution is 5.78. The maximum Gasteiger partial charge on any atom is 0.410 e. The smallest absolute Gasteiger partial charge is 0.410 e. The van der Waals surface area contributed by atoms with Crippen LogP contribution in [-0.4, -0.2) is 61.7 Å². The van der Waals surface area contributed by atoms with E-state index in [2.05, 4.69) is 20.6 Å². The minimum Gasteiger partial charge on any atom is -0.447 e. The molecule has 1 atom stereocenters. The fourth-order valence-electron chi connectivity index (χ4n) is 5.60. The molecule has 14 heteroatoms. The number of benzene rings is 1. The molecule has 1 aromatic carbocycles. The van der Waals surface area contributed by atoms with Crippen LogP contribution in [0.2, 0.25) is 0 Å². The second-order valence-electron chi connectivity index (χ2n) is 11.0. The van der Waals surface area contributed by atoms with Gasteiger partial charge in [0.1, 0.15) is 11.2 Å². The summed E-state index contributed by atoms with van der Waals surface area (Å²) in [5.74, 6) is -1.99. The van der Waals surface area contributed by atoms with Gasteiger partial charge < -0.3 is 26.0 Å². The van der Waals surface area contributed by atoms with E-state index in [-0.39, 0.29) is 47.6 Å². The SMILES string of the molecule is CC(C)OC(=O)N1CCCC(Nc2ncc3nc(Nc4c(F)cc(C#N)cc4F)n(C4CCC(C(N)=O)CC4)c3n2)C1. The first-order valence-corrected chi connectivity index (χ1v) is 14.1. The summed E-state index contributed by atoms with van der Waals surface area (Å²) in [6.45, 7) is 4.63. The number of primary amides is 1. The number of likely N-dealkylation sites (tertiary alicyclic amines) is 1. The molecule has 2 aromatic heterocycles. The van der Waals surface area contributed by atoms with Crippen LogP contribution >= 0.6 is 0 Å². The normalized spacial score (nSPS) is 20.8. The second kappa shape index (κ2) is 12.1. The van der Waals surface area contributed by atoms with Gasteiger partial charge in [0.2, 0.25) is 17.8 Å². The van der Waals surface area contributed by atoms with E-state index in [9.17, 15) is 18.4 Å². The third-order valence-electron chi connectivity index (χ3n) is 7.65. The average molecular weight is 582 g/mol. The number of hydrogen-bond acceptors (Lipinski definition) is 9. The van der Waals surface area contributed by atoms with Crippen LogP contribution in [0, 0.1) is 28.9 Å². The number of imidazole rings is 1. The van der Waals surface area contributed by atoms with Gasteiger partial charge >= 0.3 is 6.09 Å². The highest BCUT2D eigenvalue weighted by Crippen LogP contribution is 2.37. The van der Waals surface area contributed by atoms with Gasteiger partial charge in [-0.15, -0.1) is 0 Å². The molecule has 4 N–H and O–H groups in total. The number of fused-ring (bicyclic) bond motifs is 1. The van der Waals surface area contributed by atoms with Gasteiger partial charge in [-0.05, 0) is 64.5 Å². The lowest BCUT2D eigenvalue weighted by atomic mass is 9.85. The summed E-state index contributed by atoms with van der Waals surface area (Å²) in [5, 5.41) is 15.1. The number of carbonyl (C=O) groups is 2. The number of nitrogens with one attached hydrogen (secondary N) is 2. The summed E-state index contributed by atoms with van der Waals surface area (Å²) >= 11 is 0. The first-order chi connectivity index (χ1) is 20.1. The fraction of sp³-hybridized carbons (Fsp3) is 0.500. The molecule has 2 fully saturated rings. The minimum atomic E-state index is -0.936. The number of amides is 2. The number of nitrogens with two attached hydrogens (primary N) is 1. The molecule has 1 aliphatic heterocycles. The molecule has 2 aliphatic rings. The number of carbonyl (C=O) groups excluding carboxylic acids is 2. The summed E-state index contributed by atoms with van der Waals surface area (Å²) < 4.78 is 36.8. The highest BCUT2D eigenvalue weighted by Gasteiger charge is 2.30. The van der Waals surface area contributed by atoms with Crippen molar-refractivity contribution in [3.63, 3.8) is 0 Å². The number of anilines is 3. The van der Waals surface area contributed by atoms with Gasteiger partial charge in [-0.1, -0.05) is 0 Å². The first-order valence-electron chi connectivity index (χ1n) is 14.1. The predicted molar refractivity (Wildman–Crippen MR) is 150 cm³/mol. The van der Waals surface area contributed by atoms with Crippen molar-refractivity contribution in [3.8, 4) is 6.07 Å². The van der Waals surface area contributed by atoms with Crippen molar-refractivity contribution in [2.75, 3.05) is 23.7 Å². The summed E-state index contributed by atoms with van der Waals surface area (Å²) in [5.41, 5.74) is 5.79. The average Bonchev–Trinajstić information content (AvgIpc) is 3.31. The van der Waals surface area contributed by atoms with Crippen LogP contribution in [-0.2, 0) is 9.53 Å². The van der Waals surface area contributed by atoms with Crippen LogP contribution in [0.1, 0.15) is 64.0 Å². The number of nitriles is 1. The van der Waals surface area contributed by atoms with Crippen molar-refractivity contribution in [3.05, 3.63) is 35.5 Å². The monoisotopic (exact) mass is 581 g/mol. The zero-order valence-corrected chi connectivity index (χ0v) is 23.4. The number of piperidine rings is 1. The minimum absolute atomic E-state index is 0.113. The van der Waals surface area contributed by atoms with E-state index in [1.54, 1.807) is 29.4 Å². The van der Waals surface area contributed by atoms with Crippen LogP contribution in [0.5, 0.6) is 0 Å². The zero-order valence-electron chi connectivity index (χ0n) is 23.4. The number of ether oxygens (including phenoxy) is 1. The summed E-state index contributed by atoms with van der Waals surface area (Å²) in [7, 11) is 0. The largest absolute Gasteiger partial charge is 0.447 e. The molecule has 0 radical (unpaired) electrons. The maximum atomic E-state index is 14.8. The van der Waals surface area contributed by atoms with Crippen LogP contribution in [0.25, 0.3) is 11.2 Å². The van der Waals surface area contributed by atoms with Crippen molar-refractivity contribution in [2.24, 2.45) is 11.7 Å². The molecule has 222 valence electrons. The second-order valence-corrected chi connectivity index (χ2v) is 11.0. The topological polar surface area (TPSA) is 164 Å². The molecule has 1 saturated heterocycles. The number of rotatable bonds is 7. The van der Waals surface area contributed by atoms with Gasteiger partial charge in [-0.25, -0.2) is 23.5 Å². The molecule has 3 heterocycles. The number of aromatic nitrogens is 4. The van der Waals surface area contributed by atoms with E-state index >= 15 is 0 Å². The van der Waals surface area contributed by atoms with E-state index < -0.39 is 17.3 Å². The first kappa shape index (κ1) is 29.0. The van der Waals surface area contributed by atoms with E-state index in [4.69, 9.17) is 20.7 Å². The predicted octanol–water partition coefficient (Wildman–Crippen LogP) is 4.36. The molecule has 3 aromatic rings. The van der Waals surface area contributed by atoms with Crippen molar-refractivity contribution in [2.45, 2.75) is 70.6 Å². The molecular weight excluding hydrogens is 548 g/mol. The van der Waals surface area contributed by atoms with Crippen molar-refractivity contribution >= 4 is 40.7 Å². The molecular formula is C28H33F2N9O3. The molecule has 42 heavy (non-hydrogen) atoms. The quantitative estimate of drug-likeness (QED) is 0.368. The van der Waals surface area contributed by atoms with E-state index in [0.717, 1.165) is 25.0 Å². The Morgan fingerprint density at radius 1 is 1.14 bits per heavy atom. The molecule has 1 aliphatic carbocycles. The lowest BCUT2D eigenvalue weighted by Gasteiger charge is -2.33. The summed E-state index contributed by atoms with van der Waals surface area (Å²) in [4.78, 5) is 39.6. The van der Waals surface area contributed by atoms with Gasteiger partial charge in [-0.3, -0.25) is 9.36 Å². The number of nitrogens with zero attached hydrogens (tertiary/aromatic N) is 6. The molecule has 2 amide bonds. The van der Waals surface area contributed by atoms with Gasteiger partial charge in [0.15, 0.2) is 17.3 Å². The Morgan fingerprint density at radius 3 is 2.50 bits per heavy atom. The molecule has 0 spiro atoms. The Morgan fingerprint density at radius 2 is 1.86 bits per heavy atom. The van der Waals surface area contributed by atoms with E-state index in [0.29, 0.717) is 55.9 Å². The van der Waals surface area contributed by atoms with E-state index in [1.165, 1.54) is 6.20 Å². The van der Waals surface area contributed by atoms with Gasteiger partial charge in [0, 0.05) is 31.1 Å². The summed E-state index contributed by atoms with van der Waals surface area (Å²) in [6.07, 6.45) is 4.79. The molecule has 1 unspecified atom stereocenters. The molecule has 1 saturated carbocycles. The van der Waals surface area contributed by atoms with Crippen LogP contribution in [0.4, 0.5) is 31.2 Å². The van der Waals surface area contributed by atoms with Crippen molar-refractivity contribution in [1.29, 1.82) is 5.26 Å². The van der Waals surface area contributed by atoms with Gasteiger partial charge in [0.05, 0.1) is 23.9 Å². The van der Waals surface area contributed by atoms with Crippen molar-refractivity contribution in [1.82, 2.24) is 24.4 Å². The Kier molecular flexibility index (Phi) is 8.37. The number of hydrogen-bond donors (Lipinski definition) is 3. The van der Waals surface area contributed by atoms with Gasteiger partial charge in [0.25, 0.3) is 0 Å². The van der Waals surface area contributed by atoms with Crippen LogP contribution in [0.15, 0.2) is 18.3 Å². The Balaban J connectivity index is 1.46. The molecule has 12 nitrogen and oxygen atoms in total. The third-order valence-corrected chi connectivity index (χ3v) is 7.65. The lowest BCUT2D eigenvalue weighted by Crippen LogP contribution is -2.46. The van der Waals surface area contributed by atoms with Crippen LogP contribution < -0.4 is 16.4 Å². The highest BCUT2D eigenvalue weighted by atomic mass is 19.1. The van der Waals surface area contributed by atoms with Gasteiger partial charge in [-0.2, -0.15) is 10.2 Å². The van der Waals surface area contributed by atoms with E-state index in [1.807, 2.05) is 0 Å². The standard InChI is InChI=1S/C28H33F2N9O3/c1-15(2)42-28(41)38-9-3-4-18(14-38)34-26-33-13-22-25(37-26)39(19-7-5-17(6-8-19)24(32)40)27(35-22)36-23-20(29)10-16(12-31)11-21(23)30/h10-11,13,15,17-19H,3-9,14H2,1-2H3,(H2,32,40)(H,35,36)(H,33,34,37). The third kappa shape index (κ3) is 6.19. The number of halogens is 2. The lowest BCUT2D eigenvalue weighted by molar-refractivity contribution is -0.122. The zero-order chi connectivity index (χ0) is 30.0. The Labute approximate surface area is 241 Å². The van der Waals surface area contributed by atoms with Crippen molar-refractivity contribution < 1.29 is 23.1 Å². The maximum absolute atomic E-state index is 14.8. The summed E-state index contributed by atoms with van der Waals surface area (Å²) in [6, 6.07) is 3.33. The Hall–Kier alpha value is -4.54. The fourth-order valence-corrected chi connectivity index (χ4v) is 5.60. The molecule has 5 rings (SSSR count). The molecule has 0 bridgehead atoms.